The number of carboxylic acid groups (broad SMARTS) is 1. The fourth-order valence-electron chi connectivity index (χ4n) is 1.58. The molecule has 0 aliphatic heterocycles. The smallest absolute Gasteiger partial charge is 0.335 e. The van der Waals surface area contributed by atoms with Crippen LogP contribution in [0.25, 0.3) is 0 Å². The van der Waals surface area contributed by atoms with Crippen molar-refractivity contribution in [2.45, 2.75) is 0 Å². The number of hydrogen-bond acceptors (Lipinski definition) is 2. The number of carbonyl (C=O) groups excluding carboxylic acids is 1. The van der Waals surface area contributed by atoms with Gasteiger partial charge in [0.2, 0.25) is 0 Å². The molecule has 0 unspecified atom stereocenters. The second kappa shape index (κ2) is 5.66. The summed E-state index contributed by atoms with van der Waals surface area (Å²) in [6, 6.07) is 5.66. The minimum absolute atomic E-state index is 0.0226. The zero-order valence-electron chi connectivity index (χ0n) is 10.4. The van der Waals surface area contributed by atoms with Crippen molar-refractivity contribution in [2.24, 2.45) is 0 Å². The van der Waals surface area contributed by atoms with Crippen molar-refractivity contribution in [3.63, 3.8) is 0 Å². The maximum absolute atomic E-state index is 13.4. The summed E-state index contributed by atoms with van der Waals surface area (Å²) < 4.78 is 39.1. The third-order valence-electron chi connectivity index (χ3n) is 2.65. The normalized spacial score (nSPS) is 10.2. The Kier molecular flexibility index (Phi) is 3.93. The molecule has 4 nitrogen and oxygen atoms in total. The number of nitrogens with one attached hydrogen (secondary N) is 1. The summed E-state index contributed by atoms with van der Waals surface area (Å²) in [5.41, 5.74) is -0.490. The molecule has 0 atom stereocenters. The van der Waals surface area contributed by atoms with E-state index in [1.54, 1.807) is 0 Å². The standard InChI is InChI=1S/C14H8F3NO3/c15-9-5-11(17)12(6-10(9)16)18-13(19)7-1-3-8(4-2-7)14(20)21/h1-6H,(H,18,19)(H,20,21). The molecular weight excluding hydrogens is 287 g/mol. The van der Waals surface area contributed by atoms with E-state index in [-0.39, 0.29) is 11.1 Å². The molecule has 21 heavy (non-hydrogen) atoms. The van der Waals surface area contributed by atoms with Gasteiger partial charge in [0.1, 0.15) is 5.82 Å². The largest absolute Gasteiger partial charge is 0.478 e. The first kappa shape index (κ1) is 14.6. The predicted octanol–water partition coefficient (Wildman–Crippen LogP) is 3.05. The summed E-state index contributed by atoms with van der Waals surface area (Å²) in [7, 11) is 0. The van der Waals surface area contributed by atoms with Crippen LogP contribution in [0.4, 0.5) is 18.9 Å². The number of rotatable bonds is 3. The van der Waals surface area contributed by atoms with Gasteiger partial charge in [-0.1, -0.05) is 0 Å². The Morgan fingerprint density at radius 3 is 1.95 bits per heavy atom. The van der Waals surface area contributed by atoms with Crippen LogP contribution in [0.2, 0.25) is 0 Å². The molecule has 2 aromatic carbocycles. The van der Waals surface area contributed by atoms with Crippen molar-refractivity contribution in [1.29, 1.82) is 0 Å². The van der Waals surface area contributed by atoms with E-state index in [2.05, 4.69) is 5.32 Å². The van der Waals surface area contributed by atoms with Gasteiger partial charge in [-0.15, -0.1) is 0 Å². The quantitative estimate of drug-likeness (QED) is 0.855. The maximum Gasteiger partial charge on any atom is 0.335 e. The summed E-state index contributed by atoms with van der Waals surface area (Å²) in [4.78, 5) is 22.5. The van der Waals surface area contributed by atoms with Crippen LogP contribution in [0.1, 0.15) is 20.7 Å². The monoisotopic (exact) mass is 295 g/mol. The van der Waals surface area contributed by atoms with E-state index < -0.39 is 35.0 Å². The fraction of sp³-hybridized carbons (Fsp3) is 0. The third-order valence-corrected chi connectivity index (χ3v) is 2.65. The van der Waals surface area contributed by atoms with Crippen molar-refractivity contribution in [1.82, 2.24) is 0 Å². The van der Waals surface area contributed by atoms with E-state index >= 15 is 0 Å². The predicted molar refractivity (Wildman–Crippen MR) is 67.7 cm³/mol. The molecule has 0 radical (unpaired) electrons. The Balaban J connectivity index is 2.22. The van der Waals surface area contributed by atoms with Crippen LogP contribution in [0, 0.1) is 17.5 Å². The van der Waals surface area contributed by atoms with Gasteiger partial charge in [0.15, 0.2) is 11.6 Å². The van der Waals surface area contributed by atoms with Crippen molar-refractivity contribution in [3.05, 3.63) is 65.0 Å². The van der Waals surface area contributed by atoms with Crippen LogP contribution < -0.4 is 5.32 Å². The first-order valence-corrected chi connectivity index (χ1v) is 5.67. The van der Waals surface area contributed by atoms with Gasteiger partial charge in [-0.05, 0) is 24.3 Å². The van der Waals surface area contributed by atoms with Crippen molar-refractivity contribution in [2.75, 3.05) is 5.32 Å². The molecule has 0 bridgehead atoms. The molecule has 0 spiro atoms. The molecule has 0 heterocycles. The van der Waals surface area contributed by atoms with E-state index in [0.717, 1.165) is 0 Å². The SMILES string of the molecule is O=C(O)c1ccc(C(=O)Nc2cc(F)c(F)cc2F)cc1. The molecule has 2 rings (SSSR count). The summed E-state index contributed by atoms with van der Waals surface area (Å²) in [5, 5.41) is 10.8. The molecule has 1 amide bonds. The second-order valence-electron chi connectivity index (χ2n) is 4.08. The Hall–Kier alpha value is -2.83. The molecule has 0 saturated carbocycles. The molecule has 0 fully saturated rings. The first-order valence-electron chi connectivity index (χ1n) is 5.67. The van der Waals surface area contributed by atoms with Crippen LogP contribution >= 0.6 is 0 Å². The number of carbonyl (C=O) groups is 2. The van der Waals surface area contributed by atoms with Gasteiger partial charge in [-0.3, -0.25) is 4.79 Å². The van der Waals surface area contributed by atoms with Gasteiger partial charge in [0, 0.05) is 17.7 Å². The summed E-state index contributed by atoms with van der Waals surface area (Å²) in [5.74, 6) is -5.72. The topological polar surface area (TPSA) is 66.4 Å². The summed E-state index contributed by atoms with van der Waals surface area (Å²) in [6.07, 6.45) is 0. The van der Waals surface area contributed by atoms with Gasteiger partial charge >= 0.3 is 5.97 Å². The highest BCUT2D eigenvalue weighted by atomic mass is 19.2. The van der Waals surface area contributed by atoms with Crippen LogP contribution in [0.5, 0.6) is 0 Å². The van der Waals surface area contributed by atoms with Gasteiger partial charge in [-0.2, -0.15) is 0 Å². The number of hydrogen-bond donors (Lipinski definition) is 2. The Labute approximate surface area is 116 Å². The number of carboxylic acids is 1. The molecular formula is C14H8F3NO3. The Bertz CT molecular complexity index is 714. The molecule has 0 aliphatic rings. The average molecular weight is 295 g/mol. The van der Waals surface area contributed by atoms with Crippen LogP contribution in [-0.2, 0) is 0 Å². The summed E-state index contributed by atoms with van der Waals surface area (Å²) in [6.45, 7) is 0. The molecule has 108 valence electrons. The third kappa shape index (κ3) is 3.19. The lowest BCUT2D eigenvalue weighted by Gasteiger charge is -2.07. The van der Waals surface area contributed by atoms with E-state index in [9.17, 15) is 22.8 Å². The fourth-order valence-corrected chi connectivity index (χ4v) is 1.58. The van der Waals surface area contributed by atoms with E-state index in [4.69, 9.17) is 5.11 Å². The number of benzene rings is 2. The van der Waals surface area contributed by atoms with Crippen molar-refractivity contribution < 1.29 is 27.9 Å². The molecule has 0 saturated heterocycles. The molecule has 2 N–H and O–H groups in total. The molecule has 2 aromatic rings. The minimum Gasteiger partial charge on any atom is -0.478 e. The summed E-state index contributed by atoms with van der Waals surface area (Å²) >= 11 is 0. The lowest BCUT2D eigenvalue weighted by molar-refractivity contribution is 0.0696. The van der Waals surface area contributed by atoms with Crippen LogP contribution in [-0.4, -0.2) is 17.0 Å². The van der Waals surface area contributed by atoms with Crippen molar-refractivity contribution >= 4 is 17.6 Å². The highest BCUT2D eigenvalue weighted by Crippen LogP contribution is 2.19. The lowest BCUT2D eigenvalue weighted by Crippen LogP contribution is -2.13. The van der Waals surface area contributed by atoms with Gasteiger partial charge < -0.3 is 10.4 Å². The number of aromatic carboxylic acids is 1. The molecule has 7 heteroatoms. The zero-order chi connectivity index (χ0) is 15.6. The average Bonchev–Trinajstić information content (AvgIpc) is 2.44. The highest BCUT2D eigenvalue weighted by Gasteiger charge is 2.14. The Morgan fingerprint density at radius 2 is 1.38 bits per heavy atom. The van der Waals surface area contributed by atoms with Crippen molar-refractivity contribution in [3.8, 4) is 0 Å². The van der Waals surface area contributed by atoms with E-state index in [1.807, 2.05) is 0 Å². The molecule has 0 aliphatic carbocycles. The van der Waals surface area contributed by atoms with Crippen LogP contribution in [0.3, 0.4) is 0 Å². The maximum atomic E-state index is 13.4. The minimum atomic E-state index is -1.36. The van der Waals surface area contributed by atoms with E-state index in [0.29, 0.717) is 12.1 Å². The van der Waals surface area contributed by atoms with Crippen LogP contribution in [0.15, 0.2) is 36.4 Å². The van der Waals surface area contributed by atoms with E-state index in [1.165, 1.54) is 24.3 Å². The number of amides is 1. The lowest BCUT2D eigenvalue weighted by atomic mass is 10.1. The second-order valence-corrected chi connectivity index (χ2v) is 4.08. The Morgan fingerprint density at radius 1 is 0.857 bits per heavy atom. The van der Waals surface area contributed by atoms with Gasteiger partial charge in [0.05, 0.1) is 11.3 Å². The zero-order valence-corrected chi connectivity index (χ0v) is 10.4. The molecule has 0 aromatic heterocycles. The van der Waals surface area contributed by atoms with Gasteiger partial charge in [-0.25, -0.2) is 18.0 Å². The number of anilines is 1. The highest BCUT2D eigenvalue weighted by molar-refractivity contribution is 6.04. The number of halogens is 3. The first-order chi connectivity index (χ1) is 9.88. The van der Waals surface area contributed by atoms with Gasteiger partial charge in [0.25, 0.3) is 5.91 Å².